The molecule has 1 heterocycles. The number of carbonyl (C=O) groups is 4. The highest BCUT2D eigenvalue weighted by Gasteiger charge is 2.54. The van der Waals surface area contributed by atoms with Crippen LogP contribution >= 0.6 is 15.9 Å². The Morgan fingerprint density at radius 1 is 1.29 bits per heavy atom. The maximum Gasteiger partial charge on any atom is 0.325 e. The molecule has 9 heteroatoms. The lowest BCUT2D eigenvalue weighted by Gasteiger charge is -2.23. The monoisotopic (exact) mass is 450 g/mol. The van der Waals surface area contributed by atoms with Crippen LogP contribution in [0.15, 0.2) is 22.7 Å². The van der Waals surface area contributed by atoms with Crippen LogP contribution in [-0.4, -0.2) is 46.8 Å². The van der Waals surface area contributed by atoms with Crippen LogP contribution in [0.3, 0.4) is 0 Å². The maximum absolute atomic E-state index is 12.7. The number of urea groups is 1. The minimum Gasteiger partial charge on any atom is -0.345 e. The van der Waals surface area contributed by atoms with Crippen molar-refractivity contribution in [2.75, 3.05) is 11.9 Å². The number of rotatable bonds is 5. The fourth-order valence-electron chi connectivity index (χ4n) is 3.70. The number of benzene rings is 1. The smallest absolute Gasteiger partial charge is 0.325 e. The topological polar surface area (TPSA) is 108 Å². The third-order valence-electron chi connectivity index (χ3n) is 5.30. The Balaban J connectivity index is 1.56. The average molecular weight is 451 g/mol. The molecule has 3 N–H and O–H groups in total. The molecular formula is C19H23BrN4O4. The van der Waals surface area contributed by atoms with E-state index in [-0.39, 0.29) is 12.5 Å². The van der Waals surface area contributed by atoms with E-state index < -0.39 is 29.4 Å². The van der Waals surface area contributed by atoms with Gasteiger partial charge in [-0.25, -0.2) is 9.69 Å². The molecule has 1 aromatic carbocycles. The Labute approximate surface area is 171 Å². The molecule has 0 radical (unpaired) electrons. The molecule has 5 amide bonds. The summed E-state index contributed by atoms with van der Waals surface area (Å²) in [7, 11) is 0. The Bertz CT molecular complexity index is 835. The highest BCUT2D eigenvalue weighted by atomic mass is 79.9. The molecule has 1 unspecified atom stereocenters. The van der Waals surface area contributed by atoms with Crippen LogP contribution in [0, 0.1) is 6.92 Å². The van der Waals surface area contributed by atoms with Crippen molar-refractivity contribution in [2.24, 2.45) is 0 Å². The van der Waals surface area contributed by atoms with Crippen LogP contribution in [0.4, 0.5) is 10.5 Å². The first-order valence-corrected chi connectivity index (χ1v) is 10.0. The molecule has 1 atom stereocenters. The standard InChI is InChI=1S/C19H23BrN4O4/c1-11-9-13(20)5-6-14(11)22-15(25)10-21-16(26)12(2)24-17(27)19(23-18(24)28)7-3-4-8-19/h5-6,9,12H,3-4,7-8,10H2,1-2H3,(H,21,26)(H,22,25)(H,23,28). The molecular weight excluding hydrogens is 428 g/mol. The number of hydrogen-bond acceptors (Lipinski definition) is 4. The number of aryl methyl sites for hydroxylation is 1. The number of hydrogen-bond donors (Lipinski definition) is 3. The fraction of sp³-hybridized carbons (Fsp3) is 0.474. The zero-order chi connectivity index (χ0) is 20.5. The van der Waals surface area contributed by atoms with Gasteiger partial charge in [0.2, 0.25) is 11.8 Å². The number of amides is 5. The second-order valence-corrected chi connectivity index (χ2v) is 8.21. The highest BCUT2D eigenvalue weighted by molar-refractivity contribution is 9.10. The quantitative estimate of drug-likeness (QED) is 0.596. The number of nitrogens with one attached hydrogen (secondary N) is 3. The van der Waals surface area contributed by atoms with Crippen molar-refractivity contribution in [1.82, 2.24) is 15.5 Å². The highest BCUT2D eigenvalue weighted by Crippen LogP contribution is 2.35. The summed E-state index contributed by atoms with van der Waals surface area (Å²) in [5.74, 6) is -1.30. The summed E-state index contributed by atoms with van der Waals surface area (Å²) in [5.41, 5.74) is 0.665. The van der Waals surface area contributed by atoms with Crippen molar-refractivity contribution < 1.29 is 19.2 Å². The Hall–Kier alpha value is -2.42. The van der Waals surface area contributed by atoms with Crippen molar-refractivity contribution >= 4 is 45.4 Å². The van der Waals surface area contributed by atoms with Crippen LogP contribution in [0.25, 0.3) is 0 Å². The van der Waals surface area contributed by atoms with Crippen LogP contribution in [0.1, 0.15) is 38.2 Å². The molecule has 1 spiro atoms. The zero-order valence-corrected chi connectivity index (χ0v) is 17.4. The van der Waals surface area contributed by atoms with E-state index in [0.29, 0.717) is 18.5 Å². The van der Waals surface area contributed by atoms with Gasteiger partial charge >= 0.3 is 6.03 Å². The van der Waals surface area contributed by atoms with E-state index in [9.17, 15) is 19.2 Å². The summed E-state index contributed by atoms with van der Waals surface area (Å²) < 4.78 is 0.902. The Morgan fingerprint density at radius 2 is 1.96 bits per heavy atom. The summed E-state index contributed by atoms with van der Waals surface area (Å²) in [6.45, 7) is 3.09. The van der Waals surface area contributed by atoms with Crippen molar-refractivity contribution in [3.63, 3.8) is 0 Å². The predicted molar refractivity (Wildman–Crippen MR) is 107 cm³/mol. The maximum atomic E-state index is 12.7. The zero-order valence-electron chi connectivity index (χ0n) is 15.8. The van der Waals surface area contributed by atoms with Crippen molar-refractivity contribution in [3.05, 3.63) is 28.2 Å². The first kappa shape index (κ1) is 20.3. The van der Waals surface area contributed by atoms with Crippen molar-refractivity contribution in [2.45, 2.75) is 51.1 Å². The second-order valence-electron chi connectivity index (χ2n) is 7.30. The summed E-state index contributed by atoms with van der Waals surface area (Å²) in [6, 6.07) is 3.89. The van der Waals surface area contributed by atoms with Gasteiger partial charge in [0.25, 0.3) is 5.91 Å². The Morgan fingerprint density at radius 3 is 2.61 bits per heavy atom. The second kappa shape index (κ2) is 7.90. The molecule has 3 rings (SSSR count). The molecule has 0 bridgehead atoms. The van der Waals surface area contributed by atoms with Gasteiger partial charge in [-0.3, -0.25) is 14.4 Å². The summed E-state index contributed by atoms with van der Waals surface area (Å²) in [4.78, 5) is 50.5. The minimum atomic E-state index is -0.991. The average Bonchev–Trinajstić information content (AvgIpc) is 3.20. The van der Waals surface area contributed by atoms with Crippen molar-refractivity contribution in [1.29, 1.82) is 0 Å². The first-order chi connectivity index (χ1) is 13.2. The molecule has 1 aromatic rings. The SMILES string of the molecule is Cc1cc(Br)ccc1NC(=O)CNC(=O)C(C)N1C(=O)NC2(CCCC2)C1=O. The normalized spacial score (nSPS) is 18.9. The van der Waals surface area contributed by atoms with Gasteiger partial charge in [-0.1, -0.05) is 28.8 Å². The van der Waals surface area contributed by atoms with Crippen LogP contribution < -0.4 is 16.0 Å². The molecule has 150 valence electrons. The number of imide groups is 1. The van der Waals surface area contributed by atoms with Gasteiger partial charge in [0.1, 0.15) is 11.6 Å². The van der Waals surface area contributed by atoms with Crippen molar-refractivity contribution in [3.8, 4) is 0 Å². The van der Waals surface area contributed by atoms with E-state index in [1.807, 2.05) is 13.0 Å². The number of halogens is 1. The lowest BCUT2D eigenvalue weighted by molar-refractivity contribution is -0.138. The van der Waals surface area contributed by atoms with Gasteiger partial charge in [-0.15, -0.1) is 0 Å². The van der Waals surface area contributed by atoms with Gasteiger partial charge in [-0.2, -0.15) is 0 Å². The minimum absolute atomic E-state index is 0.256. The first-order valence-electron chi connectivity index (χ1n) is 9.23. The third kappa shape index (κ3) is 3.89. The molecule has 1 aliphatic heterocycles. The third-order valence-corrected chi connectivity index (χ3v) is 5.80. The van der Waals surface area contributed by atoms with E-state index in [2.05, 4.69) is 31.9 Å². The lowest BCUT2D eigenvalue weighted by Crippen LogP contribution is -2.50. The van der Waals surface area contributed by atoms with Gasteiger partial charge in [-0.05, 0) is 50.5 Å². The van der Waals surface area contributed by atoms with Crippen LogP contribution in [0.2, 0.25) is 0 Å². The molecule has 2 aliphatic rings. The Kier molecular flexibility index (Phi) is 5.74. The van der Waals surface area contributed by atoms with E-state index in [1.165, 1.54) is 6.92 Å². The predicted octanol–water partition coefficient (Wildman–Crippen LogP) is 2.07. The molecule has 0 aromatic heterocycles. The number of nitrogens with zero attached hydrogens (tertiary/aromatic N) is 1. The van der Waals surface area contributed by atoms with Crippen LogP contribution in [0.5, 0.6) is 0 Å². The molecule has 28 heavy (non-hydrogen) atoms. The summed E-state index contributed by atoms with van der Waals surface area (Å²) in [6.07, 6.45) is 2.93. The largest absolute Gasteiger partial charge is 0.345 e. The van der Waals surface area contributed by atoms with Gasteiger partial charge in [0.15, 0.2) is 0 Å². The van der Waals surface area contributed by atoms with Gasteiger partial charge in [0.05, 0.1) is 6.54 Å². The molecule has 1 saturated heterocycles. The van der Waals surface area contributed by atoms with Gasteiger partial charge < -0.3 is 16.0 Å². The fourth-order valence-corrected chi connectivity index (χ4v) is 4.18. The van der Waals surface area contributed by atoms with E-state index in [0.717, 1.165) is 27.8 Å². The summed E-state index contributed by atoms with van der Waals surface area (Å²) in [5, 5.41) is 7.97. The van der Waals surface area contributed by atoms with E-state index >= 15 is 0 Å². The van der Waals surface area contributed by atoms with Crippen LogP contribution in [-0.2, 0) is 14.4 Å². The number of carbonyl (C=O) groups excluding carboxylic acids is 4. The molecule has 8 nitrogen and oxygen atoms in total. The van der Waals surface area contributed by atoms with E-state index in [4.69, 9.17) is 0 Å². The molecule has 2 fully saturated rings. The molecule has 1 aliphatic carbocycles. The molecule has 1 saturated carbocycles. The summed E-state index contributed by atoms with van der Waals surface area (Å²) >= 11 is 3.36. The van der Waals surface area contributed by atoms with Gasteiger partial charge in [0, 0.05) is 10.2 Å². The lowest BCUT2D eigenvalue weighted by atomic mass is 9.97. The van der Waals surface area contributed by atoms with E-state index in [1.54, 1.807) is 12.1 Å². The number of anilines is 1.